The van der Waals surface area contributed by atoms with Crippen LogP contribution in [0.3, 0.4) is 0 Å². The molecule has 1 fully saturated rings. The van der Waals surface area contributed by atoms with Gasteiger partial charge >= 0.3 is 5.69 Å². The highest BCUT2D eigenvalue weighted by Gasteiger charge is 2.35. The molecule has 0 amide bonds. The molecule has 0 atom stereocenters. The lowest BCUT2D eigenvalue weighted by Gasteiger charge is -2.38. The molecule has 0 saturated carbocycles. The summed E-state index contributed by atoms with van der Waals surface area (Å²) in [6.07, 6.45) is 1.77. The van der Waals surface area contributed by atoms with Gasteiger partial charge in [0.05, 0.1) is 41.6 Å². The van der Waals surface area contributed by atoms with Crippen molar-refractivity contribution in [3.63, 3.8) is 0 Å². The maximum absolute atomic E-state index is 13.0. The summed E-state index contributed by atoms with van der Waals surface area (Å²) in [7, 11) is 1.79. The summed E-state index contributed by atoms with van der Waals surface area (Å²) in [5.74, 6) is 0. The molecular weight excluding hydrogens is 406 g/mol. The first-order valence-electron chi connectivity index (χ1n) is 8.82. The highest BCUT2D eigenvalue weighted by Crippen LogP contribution is 2.33. The van der Waals surface area contributed by atoms with Gasteiger partial charge in [0.2, 0.25) is 0 Å². The Hall–Kier alpha value is -2.44. The Kier molecular flexibility index (Phi) is 3.58. The molecule has 6 heteroatoms. The molecule has 1 saturated heterocycles. The lowest BCUT2D eigenvalue weighted by atomic mass is 9.81. The van der Waals surface area contributed by atoms with Crippen LogP contribution in [0.5, 0.6) is 0 Å². The highest BCUT2D eigenvalue weighted by molar-refractivity contribution is 9.10. The molecule has 0 bridgehead atoms. The van der Waals surface area contributed by atoms with Crippen molar-refractivity contribution in [3.8, 4) is 5.69 Å². The van der Waals surface area contributed by atoms with Crippen LogP contribution in [-0.2, 0) is 17.2 Å². The van der Waals surface area contributed by atoms with Crippen molar-refractivity contribution in [1.82, 2.24) is 14.1 Å². The number of halogens is 1. The molecule has 0 aliphatic carbocycles. The molecule has 1 aliphatic heterocycles. The molecule has 0 unspecified atom stereocenters. The summed E-state index contributed by atoms with van der Waals surface area (Å²) in [5.41, 5.74) is 4.63. The van der Waals surface area contributed by atoms with E-state index in [1.165, 1.54) is 5.56 Å². The van der Waals surface area contributed by atoms with E-state index in [1.807, 2.05) is 30.3 Å². The summed E-state index contributed by atoms with van der Waals surface area (Å²) in [5, 5.41) is 0.947. The van der Waals surface area contributed by atoms with Crippen molar-refractivity contribution in [2.75, 3.05) is 13.2 Å². The van der Waals surface area contributed by atoms with E-state index < -0.39 is 0 Å². The first-order valence-corrected chi connectivity index (χ1v) is 9.62. The molecule has 1 aliphatic rings. The van der Waals surface area contributed by atoms with Crippen molar-refractivity contribution in [3.05, 3.63) is 69.2 Å². The van der Waals surface area contributed by atoms with Crippen molar-refractivity contribution < 1.29 is 4.74 Å². The third kappa shape index (κ3) is 2.40. The number of hydrogen-bond donors (Lipinski definition) is 0. The molecule has 5 rings (SSSR count). The number of imidazole rings is 1. The average Bonchev–Trinajstić information content (AvgIpc) is 2.91. The normalized spacial score (nSPS) is 16.0. The van der Waals surface area contributed by atoms with Gasteiger partial charge in [0, 0.05) is 22.3 Å². The highest BCUT2D eigenvalue weighted by atomic mass is 79.9. The third-order valence-corrected chi connectivity index (χ3v) is 6.00. The fourth-order valence-corrected chi connectivity index (χ4v) is 4.16. The minimum atomic E-state index is -0.0785. The number of fused-ring (bicyclic) bond motifs is 3. The monoisotopic (exact) mass is 423 g/mol. The second kappa shape index (κ2) is 5.78. The Labute approximate surface area is 164 Å². The minimum Gasteiger partial charge on any atom is -0.379 e. The number of hydrogen-bond acceptors (Lipinski definition) is 3. The first-order chi connectivity index (χ1) is 13.0. The largest absolute Gasteiger partial charge is 0.379 e. The second-order valence-electron chi connectivity index (χ2n) is 7.43. The lowest BCUT2D eigenvalue weighted by Crippen LogP contribution is -2.43. The first kappa shape index (κ1) is 16.7. The van der Waals surface area contributed by atoms with Gasteiger partial charge in [-0.1, -0.05) is 35.0 Å². The van der Waals surface area contributed by atoms with E-state index in [1.54, 1.807) is 22.4 Å². The van der Waals surface area contributed by atoms with Crippen LogP contribution in [0, 0.1) is 0 Å². The van der Waals surface area contributed by atoms with E-state index >= 15 is 0 Å². The van der Waals surface area contributed by atoms with E-state index in [-0.39, 0.29) is 11.1 Å². The lowest BCUT2D eigenvalue weighted by molar-refractivity contribution is -0.0500. The van der Waals surface area contributed by atoms with Gasteiger partial charge in [0.15, 0.2) is 0 Å². The van der Waals surface area contributed by atoms with Gasteiger partial charge in [-0.2, -0.15) is 0 Å². The predicted octanol–water partition coefficient (Wildman–Crippen LogP) is 3.93. The van der Waals surface area contributed by atoms with Gasteiger partial charge in [0.25, 0.3) is 0 Å². The van der Waals surface area contributed by atoms with E-state index in [9.17, 15) is 4.79 Å². The molecular formula is C21H18BrN3O2. The Morgan fingerprint density at radius 3 is 2.56 bits per heavy atom. The Bertz CT molecular complexity index is 1250. The fraction of sp³-hybridized carbons (Fsp3) is 0.238. The number of aromatic nitrogens is 3. The van der Waals surface area contributed by atoms with Gasteiger partial charge in [0.1, 0.15) is 0 Å². The van der Waals surface area contributed by atoms with Gasteiger partial charge in [-0.25, -0.2) is 4.79 Å². The zero-order chi connectivity index (χ0) is 18.8. The maximum Gasteiger partial charge on any atom is 0.333 e. The van der Waals surface area contributed by atoms with Crippen molar-refractivity contribution >= 4 is 37.9 Å². The van der Waals surface area contributed by atoms with Crippen molar-refractivity contribution in [1.29, 1.82) is 0 Å². The smallest absolute Gasteiger partial charge is 0.333 e. The van der Waals surface area contributed by atoms with Crippen LogP contribution in [0.25, 0.3) is 27.6 Å². The minimum absolute atomic E-state index is 0.0731. The van der Waals surface area contributed by atoms with Crippen LogP contribution < -0.4 is 5.69 Å². The summed E-state index contributed by atoms with van der Waals surface area (Å²) >= 11 is 3.54. The van der Waals surface area contributed by atoms with E-state index in [0.717, 1.165) is 45.3 Å². The van der Waals surface area contributed by atoms with E-state index in [2.05, 4.69) is 40.0 Å². The number of benzene rings is 2. The summed E-state index contributed by atoms with van der Waals surface area (Å²) < 4.78 is 9.76. The van der Waals surface area contributed by atoms with Crippen LogP contribution in [0.2, 0.25) is 0 Å². The summed E-state index contributed by atoms with van der Waals surface area (Å²) in [6.45, 7) is 3.68. The Morgan fingerprint density at radius 1 is 1.15 bits per heavy atom. The van der Waals surface area contributed by atoms with E-state index in [0.29, 0.717) is 0 Å². The summed E-state index contributed by atoms with van der Waals surface area (Å²) in [6, 6.07) is 14.2. The molecule has 3 heterocycles. The Balaban J connectivity index is 1.78. The SMILES string of the molecule is Cn1c(=O)n(-c2ccc(C3(C)COC3)cc2)c2c3cc(Br)ccc3ncc21. The van der Waals surface area contributed by atoms with Crippen molar-refractivity contribution in [2.45, 2.75) is 12.3 Å². The topological polar surface area (TPSA) is 49.0 Å². The van der Waals surface area contributed by atoms with Crippen LogP contribution in [0.4, 0.5) is 0 Å². The fourth-order valence-electron chi connectivity index (χ4n) is 3.80. The number of pyridine rings is 1. The molecule has 2 aromatic carbocycles. The molecule has 4 aromatic rings. The molecule has 0 radical (unpaired) electrons. The zero-order valence-electron chi connectivity index (χ0n) is 15.1. The van der Waals surface area contributed by atoms with Crippen molar-refractivity contribution in [2.24, 2.45) is 7.05 Å². The van der Waals surface area contributed by atoms with Gasteiger partial charge in [-0.15, -0.1) is 0 Å². The molecule has 27 heavy (non-hydrogen) atoms. The van der Waals surface area contributed by atoms with Gasteiger partial charge < -0.3 is 4.74 Å². The molecule has 0 spiro atoms. The number of rotatable bonds is 2. The maximum atomic E-state index is 13.0. The zero-order valence-corrected chi connectivity index (χ0v) is 16.7. The summed E-state index contributed by atoms with van der Waals surface area (Å²) in [4.78, 5) is 17.5. The van der Waals surface area contributed by atoms with Crippen LogP contribution in [0.1, 0.15) is 12.5 Å². The molecule has 0 N–H and O–H groups in total. The van der Waals surface area contributed by atoms with Crippen LogP contribution >= 0.6 is 15.9 Å². The average molecular weight is 424 g/mol. The molecule has 136 valence electrons. The number of nitrogens with zero attached hydrogens (tertiary/aromatic N) is 3. The third-order valence-electron chi connectivity index (χ3n) is 5.51. The standard InChI is InChI=1S/C21H18BrN3O2/c1-21(11-27-12-21)13-3-6-15(7-4-13)25-19-16-9-14(22)5-8-17(16)23-10-18(19)24(2)20(25)26/h3-10H,11-12H2,1-2H3. The second-order valence-corrected chi connectivity index (χ2v) is 8.35. The predicted molar refractivity (Wildman–Crippen MR) is 110 cm³/mol. The number of aryl methyl sites for hydroxylation is 1. The van der Waals surface area contributed by atoms with Crippen LogP contribution in [-0.4, -0.2) is 27.3 Å². The van der Waals surface area contributed by atoms with Gasteiger partial charge in [-0.3, -0.25) is 14.1 Å². The van der Waals surface area contributed by atoms with Crippen LogP contribution in [0.15, 0.2) is 57.9 Å². The molecule has 5 nitrogen and oxygen atoms in total. The quantitative estimate of drug-likeness (QED) is 0.490. The van der Waals surface area contributed by atoms with Gasteiger partial charge in [-0.05, 0) is 35.9 Å². The Morgan fingerprint density at radius 2 is 1.89 bits per heavy atom. The number of ether oxygens (including phenoxy) is 1. The van der Waals surface area contributed by atoms with E-state index in [4.69, 9.17) is 4.74 Å². The molecule has 2 aromatic heterocycles.